The van der Waals surface area contributed by atoms with Crippen LogP contribution < -0.4 is 5.32 Å². The predicted octanol–water partition coefficient (Wildman–Crippen LogP) is 3.54. The first-order valence-electron chi connectivity index (χ1n) is 8.63. The maximum absolute atomic E-state index is 12.3. The van der Waals surface area contributed by atoms with E-state index >= 15 is 0 Å². The third kappa shape index (κ3) is 4.80. The van der Waals surface area contributed by atoms with Crippen LogP contribution in [0.1, 0.15) is 50.5 Å². The minimum absolute atomic E-state index is 0.0439. The lowest BCUT2D eigenvalue weighted by atomic mass is 9.86. The Morgan fingerprint density at radius 2 is 1.88 bits per heavy atom. The standard InChI is InChI=1S/C18H28N2O3S/c1-14-9-11-16(13-17(14)24(22,23)20(2)3)19-18(21)12-10-15-7-5-4-6-8-15/h9,11,13,15H,4-8,10,12H2,1-3H3,(H,19,21). The van der Waals surface area contributed by atoms with Gasteiger partial charge < -0.3 is 5.32 Å². The van der Waals surface area contributed by atoms with Crippen LogP contribution in [0.2, 0.25) is 0 Å². The van der Waals surface area contributed by atoms with Crippen LogP contribution in [0, 0.1) is 12.8 Å². The number of rotatable bonds is 6. The molecule has 6 heteroatoms. The SMILES string of the molecule is Cc1ccc(NC(=O)CCC2CCCCC2)cc1S(=O)(=O)N(C)C. The van der Waals surface area contributed by atoms with Crippen molar-refractivity contribution in [2.75, 3.05) is 19.4 Å². The Morgan fingerprint density at radius 3 is 2.50 bits per heavy atom. The minimum Gasteiger partial charge on any atom is -0.326 e. The van der Waals surface area contributed by atoms with Crippen molar-refractivity contribution >= 4 is 21.6 Å². The van der Waals surface area contributed by atoms with E-state index in [1.165, 1.54) is 50.5 Å². The summed E-state index contributed by atoms with van der Waals surface area (Å²) in [6.45, 7) is 1.76. The van der Waals surface area contributed by atoms with Crippen molar-refractivity contribution < 1.29 is 13.2 Å². The van der Waals surface area contributed by atoms with Crippen LogP contribution >= 0.6 is 0 Å². The fraction of sp³-hybridized carbons (Fsp3) is 0.611. The van der Waals surface area contributed by atoms with Crippen molar-refractivity contribution in [2.45, 2.75) is 56.8 Å². The van der Waals surface area contributed by atoms with Crippen molar-refractivity contribution in [3.8, 4) is 0 Å². The zero-order valence-corrected chi connectivity index (χ0v) is 15.7. The lowest BCUT2D eigenvalue weighted by Crippen LogP contribution is -2.23. The number of carbonyl (C=O) groups excluding carboxylic acids is 1. The number of nitrogens with zero attached hydrogens (tertiary/aromatic N) is 1. The third-order valence-electron chi connectivity index (χ3n) is 4.73. The fourth-order valence-corrected chi connectivity index (χ4v) is 4.33. The van der Waals surface area contributed by atoms with Gasteiger partial charge in [-0.05, 0) is 37.0 Å². The van der Waals surface area contributed by atoms with Gasteiger partial charge in [-0.2, -0.15) is 0 Å². The summed E-state index contributed by atoms with van der Waals surface area (Å²) < 4.78 is 25.9. The monoisotopic (exact) mass is 352 g/mol. The summed E-state index contributed by atoms with van der Waals surface area (Å²) in [5, 5.41) is 2.84. The molecule has 0 atom stereocenters. The molecule has 1 aromatic carbocycles. The quantitative estimate of drug-likeness (QED) is 0.851. The van der Waals surface area contributed by atoms with E-state index in [0.717, 1.165) is 6.42 Å². The van der Waals surface area contributed by atoms with E-state index in [2.05, 4.69) is 5.32 Å². The van der Waals surface area contributed by atoms with E-state index in [9.17, 15) is 13.2 Å². The third-order valence-corrected chi connectivity index (χ3v) is 6.69. The molecular formula is C18H28N2O3S. The average Bonchev–Trinajstić information content (AvgIpc) is 2.55. The Kier molecular flexibility index (Phi) is 6.40. The molecule has 5 nitrogen and oxygen atoms in total. The molecule has 0 spiro atoms. The van der Waals surface area contributed by atoms with Crippen LogP contribution in [0.15, 0.2) is 23.1 Å². The van der Waals surface area contributed by atoms with Crippen LogP contribution in [0.25, 0.3) is 0 Å². The molecule has 134 valence electrons. The van der Waals surface area contributed by atoms with Crippen molar-refractivity contribution in [1.29, 1.82) is 0 Å². The summed E-state index contributed by atoms with van der Waals surface area (Å²) in [6, 6.07) is 5.03. The van der Waals surface area contributed by atoms with Gasteiger partial charge >= 0.3 is 0 Å². The Balaban J connectivity index is 2.00. The van der Waals surface area contributed by atoms with E-state index in [-0.39, 0.29) is 10.8 Å². The smallest absolute Gasteiger partial charge is 0.242 e. The Bertz CT molecular complexity index is 678. The Hall–Kier alpha value is -1.40. The minimum atomic E-state index is -3.51. The highest BCUT2D eigenvalue weighted by Crippen LogP contribution is 2.27. The molecule has 1 aliphatic rings. The highest BCUT2D eigenvalue weighted by Gasteiger charge is 2.20. The molecule has 0 unspecified atom stereocenters. The van der Waals surface area contributed by atoms with Crippen molar-refractivity contribution in [2.24, 2.45) is 5.92 Å². The van der Waals surface area contributed by atoms with Gasteiger partial charge in [-0.25, -0.2) is 12.7 Å². The molecule has 1 amide bonds. The molecule has 0 aliphatic heterocycles. The number of anilines is 1. The van der Waals surface area contributed by atoms with Crippen LogP contribution in [0.3, 0.4) is 0 Å². The normalized spacial score (nSPS) is 16.3. The highest BCUT2D eigenvalue weighted by atomic mass is 32.2. The van der Waals surface area contributed by atoms with Gasteiger partial charge in [0.2, 0.25) is 15.9 Å². The first-order chi connectivity index (χ1) is 11.3. The summed E-state index contributed by atoms with van der Waals surface area (Å²) >= 11 is 0. The van der Waals surface area contributed by atoms with E-state index in [0.29, 0.717) is 23.6 Å². The molecule has 2 rings (SSSR count). The van der Waals surface area contributed by atoms with Gasteiger partial charge in [0.05, 0.1) is 4.90 Å². The number of carbonyl (C=O) groups is 1. The van der Waals surface area contributed by atoms with Crippen molar-refractivity contribution in [3.63, 3.8) is 0 Å². The second-order valence-electron chi connectivity index (χ2n) is 6.86. The first-order valence-corrected chi connectivity index (χ1v) is 10.1. The summed E-state index contributed by atoms with van der Waals surface area (Å²) in [7, 11) is -0.505. The van der Waals surface area contributed by atoms with Crippen molar-refractivity contribution in [3.05, 3.63) is 23.8 Å². The predicted molar refractivity (Wildman–Crippen MR) is 96.5 cm³/mol. The lowest BCUT2D eigenvalue weighted by molar-refractivity contribution is -0.116. The number of benzene rings is 1. The zero-order chi connectivity index (χ0) is 17.7. The largest absolute Gasteiger partial charge is 0.326 e. The maximum atomic E-state index is 12.3. The Labute approximate surface area is 145 Å². The summed E-state index contributed by atoms with van der Waals surface area (Å²) in [6.07, 6.45) is 7.72. The molecule has 0 aromatic heterocycles. The van der Waals surface area contributed by atoms with Crippen LogP contribution in [-0.4, -0.2) is 32.7 Å². The van der Waals surface area contributed by atoms with Gasteiger partial charge in [-0.3, -0.25) is 4.79 Å². The van der Waals surface area contributed by atoms with Gasteiger partial charge in [0.25, 0.3) is 0 Å². The number of hydrogen-bond donors (Lipinski definition) is 1. The van der Waals surface area contributed by atoms with E-state index in [1.807, 2.05) is 0 Å². The molecule has 24 heavy (non-hydrogen) atoms. The van der Waals surface area contributed by atoms with E-state index < -0.39 is 10.0 Å². The first kappa shape index (κ1) is 18.9. The lowest BCUT2D eigenvalue weighted by Gasteiger charge is -2.21. The van der Waals surface area contributed by atoms with Gasteiger partial charge in [0.1, 0.15) is 0 Å². The molecule has 0 saturated heterocycles. The molecule has 1 fully saturated rings. The van der Waals surface area contributed by atoms with Gasteiger partial charge in [-0.1, -0.05) is 38.2 Å². The fourth-order valence-electron chi connectivity index (χ4n) is 3.19. The average molecular weight is 353 g/mol. The summed E-state index contributed by atoms with van der Waals surface area (Å²) in [5.74, 6) is 0.616. The summed E-state index contributed by atoms with van der Waals surface area (Å²) in [5.41, 5.74) is 1.21. The summed E-state index contributed by atoms with van der Waals surface area (Å²) in [4.78, 5) is 12.4. The number of amides is 1. The molecule has 0 bridgehead atoms. The van der Waals surface area contributed by atoms with Crippen LogP contribution in [0.5, 0.6) is 0 Å². The second kappa shape index (κ2) is 8.12. The van der Waals surface area contributed by atoms with Crippen molar-refractivity contribution in [1.82, 2.24) is 4.31 Å². The second-order valence-corrected chi connectivity index (χ2v) is 8.98. The van der Waals surface area contributed by atoms with Crippen LogP contribution in [0.4, 0.5) is 5.69 Å². The topological polar surface area (TPSA) is 66.5 Å². The number of aryl methyl sites for hydroxylation is 1. The zero-order valence-electron chi connectivity index (χ0n) is 14.8. The number of hydrogen-bond acceptors (Lipinski definition) is 3. The molecular weight excluding hydrogens is 324 g/mol. The molecule has 1 aromatic rings. The molecule has 0 heterocycles. The van der Waals surface area contributed by atoms with E-state index in [4.69, 9.17) is 0 Å². The Morgan fingerprint density at radius 1 is 1.21 bits per heavy atom. The molecule has 1 aliphatic carbocycles. The van der Waals surface area contributed by atoms with E-state index in [1.54, 1.807) is 25.1 Å². The molecule has 1 N–H and O–H groups in total. The highest BCUT2D eigenvalue weighted by molar-refractivity contribution is 7.89. The molecule has 1 saturated carbocycles. The number of sulfonamides is 1. The van der Waals surface area contributed by atoms with Gasteiger partial charge in [0, 0.05) is 26.2 Å². The van der Waals surface area contributed by atoms with Gasteiger partial charge in [0.15, 0.2) is 0 Å². The number of nitrogens with one attached hydrogen (secondary N) is 1. The van der Waals surface area contributed by atoms with Crippen LogP contribution in [-0.2, 0) is 14.8 Å². The van der Waals surface area contributed by atoms with Gasteiger partial charge in [-0.15, -0.1) is 0 Å². The molecule has 0 radical (unpaired) electrons. The maximum Gasteiger partial charge on any atom is 0.242 e.